The van der Waals surface area contributed by atoms with Gasteiger partial charge in [-0.3, -0.25) is 0 Å². The van der Waals surface area contributed by atoms with Crippen molar-refractivity contribution in [1.82, 2.24) is 0 Å². The van der Waals surface area contributed by atoms with Gasteiger partial charge in [0.15, 0.2) is 0 Å². The molecule has 0 heterocycles. The molecule has 0 spiro atoms. The first-order valence-corrected chi connectivity index (χ1v) is 21.0. The van der Waals surface area contributed by atoms with E-state index in [0.29, 0.717) is 16.8 Å². The van der Waals surface area contributed by atoms with Crippen LogP contribution in [-0.4, -0.2) is 0 Å². The van der Waals surface area contributed by atoms with Crippen LogP contribution in [0.1, 0.15) is 11.0 Å². The molecular formula is C62H43N. The molecule has 0 aliphatic rings. The molecule has 11 aromatic rings. The predicted molar refractivity (Wildman–Crippen MR) is 269 cm³/mol. The molecule has 0 N–H and O–H groups in total. The average Bonchev–Trinajstić information content (AvgIpc) is 3.42. The van der Waals surface area contributed by atoms with E-state index in [1.807, 2.05) is 146 Å². The lowest BCUT2D eigenvalue weighted by Gasteiger charge is -2.26. The lowest BCUT2D eigenvalue weighted by atomic mass is 9.89. The Labute approximate surface area is 380 Å². The van der Waals surface area contributed by atoms with Crippen molar-refractivity contribution in [1.29, 1.82) is 0 Å². The number of nitrogens with zero attached hydrogens (tertiary/aromatic N) is 1. The molecule has 11 rings (SSSR count). The molecule has 296 valence electrons. The first-order valence-electron chi connectivity index (χ1n) is 25.0. The molecule has 11 aromatic carbocycles. The van der Waals surface area contributed by atoms with E-state index in [4.69, 9.17) is 0 Å². The molecule has 0 atom stereocenters. The summed E-state index contributed by atoms with van der Waals surface area (Å²) in [6.07, 6.45) is 0. The Balaban J connectivity index is 1.10. The first kappa shape index (κ1) is 29.9. The highest BCUT2D eigenvalue weighted by atomic mass is 15.1. The lowest BCUT2D eigenvalue weighted by molar-refractivity contribution is 1.28. The van der Waals surface area contributed by atoms with Gasteiger partial charge in [0.25, 0.3) is 0 Å². The summed E-state index contributed by atoms with van der Waals surface area (Å²) in [5.74, 6) is 0. The monoisotopic (exact) mass is 809 g/mol. The quantitative estimate of drug-likeness (QED) is 0.140. The topological polar surface area (TPSA) is 3.24 Å². The molecule has 0 aliphatic heterocycles. The zero-order chi connectivity index (χ0) is 48.9. The normalized spacial score (nSPS) is 13.0. The number of fused-ring (bicyclic) bond motifs is 2. The van der Waals surface area contributed by atoms with Gasteiger partial charge >= 0.3 is 0 Å². The fraction of sp³-hybridized carbons (Fsp3) is 0. The Morgan fingerprint density at radius 3 is 1.40 bits per heavy atom. The summed E-state index contributed by atoms with van der Waals surface area (Å²) in [6, 6.07) is 65.7. The van der Waals surface area contributed by atoms with E-state index in [1.54, 1.807) is 24.3 Å². The summed E-state index contributed by atoms with van der Waals surface area (Å²) >= 11 is 0. The summed E-state index contributed by atoms with van der Waals surface area (Å²) in [7, 11) is 0. The molecule has 63 heavy (non-hydrogen) atoms. The molecule has 0 fully saturated rings. The smallest absolute Gasteiger partial charge is 0.0645 e. The van der Waals surface area contributed by atoms with Gasteiger partial charge in [-0.15, -0.1) is 0 Å². The van der Waals surface area contributed by atoms with Crippen molar-refractivity contribution in [3.63, 3.8) is 0 Å². The fourth-order valence-electron chi connectivity index (χ4n) is 8.48. The Bertz CT molecular complexity index is 3770. The van der Waals surface area contributed by atoms with E-state index in [9.17, 15) is 11.0 Å². The third-order valence-electron chi connectivity index (χ3n) is 11.6. The molecular weight excluding hydrogens is 759 g/mol. The largest absolute Gasteiger partial charge is 0.311 e. The lowest BCUT2D eigenvalue weighted by Crippen LogP contribution is -2.09. The number of hydrogen-bond donors (Lipinski definition) is 0. The molecule has 1 nitrogen and oxygen atoms in total. The van der Waals surface area contributed by atoms with Crippen molar-refractivity contribution in [3.05, 3.63) is 261 Å². The molecule has 0 radical (unpaired) electrons. The van der Waals surface area contributed by atoms with E-state index in [2.05, 4.69) is 42.5 Å². The van der Waals surface area contributed by atoms with Crippen LogP contribution in [0.5, 0.6) is 0 Å². The molecule has 0 saturated heterocycles. The van der Waals surface area contributed by atoms with Gasteiger partial charge in [-0.2, -0.15) is 0 Å². The molecule has 0 saturated carbocycles. The van der Waals surface area contributed by atoms with Gasteiger partial charge in [0.2, 0.25) is 0 Å². The van der Waals surface area contributed by atoms with Gasteiger partial charge in [0.1, 0.15) is 0 Å². The van der Waals surface area contributed by atoms with Crippen molar-refractivity contribution in [2.45, 2.75) is 0 Å². The second kappa shape index (κ2) is 16.7. The maximum atomic E-state index is 9.84. The van der Waals surface area contributed by atoms with Crippen LogP contribution in [0, 0.1) is 0 Å². The standard InChI is InChI=1S/C62H43N/c1-3-13-44(14-4-1)45-25-27-46(28-26-45)47-29-36-55(37-30-47)63(56-38-31-48(32-39-56)53-20-11-21-54(43-53)59-24-12-19-49-17-7-9-22-58(49)59)57-40-33-52(34-41-57)62-60-23-10-8-18-51(60)35-42-61(62)50-15-5-2-6-16-50/h1-43H/i29D,30D,33D,34D,36D,37D,40D,41D. The van der Waals surface area contributed by atoms with Crippen LogP contribution in [-0.2, 0) is 0 Å². The number of anilines is 3. The number of rotatable bonds is 9. The summed E-state index contributed by atoms with van der Waals surface area (Å²) in [4.78, 5) is 1.37. The summed E-state index contributed by atoms with van der Waals surface area (Å²) < 4.78 is 77.5. The Morgan fingerprint density at radius 1 is 0.254 bits per heavy atom. The van der Waals surface area contributed by atoms with E-state index < -0.39 is 24.2 Å². The highest BCUT2D eigenvalue weighted by Crippen LogP contribution is 2.42. The molecule has 0 bridgehead atoms. The zero-order valence-corrected chi connectivity index (χ0v) is 34.2. The average molecular weight is 810 g/mol. The number of hydrogen-bond acceptors (Lipinski definition) is 1. The highest BCUT2D eigenvalue weighted by Gasteiger charge is 2.17. The number of benzene rings is 11. The van der Waals surface area contributed by atoms with E-state index in [-0.39, 0.29) is 46.7 Å². The van der Waals surface area contributed by atoms with Crippen molar-refractivity contribution in [2.24, 2.45) is 0 Å². The maximum absolute atomic E-state index is 9.84. The predicted octanol–water partition coefficient (Wildman–Crippen LogP) is 17.5. The minimum absolute atomic E-state index is 0.101. The second-order valence-corrected chi connectivity index (χ2v) is 15.5. The summed E-state index contributed by atoms with van der Waals surface area (Å²) in [5.41, 5.74) is 8.57. The van der Waals surface area contributed by atoms with Gasteiger partial charge in [-0.05, 0) is 131 Å². The molecule has 0 aliphatic carbocycles. The molecule has 1 heteroatoms. The van der Waals surface area contributed by atoms with Crippen LogP contribution in [0.4, 0.5) is 17.1 Å². The van der Waals surface area contributed by atoms with Gasteiger partial charge in [0.05, 0.1) is 11.0 Å². The van der Waals surface area contributed by atoms with E-state index in [1.165, 1.54) is 4.90 Å². The Morgan fingerprint density at radius 2 is 0.714 bits per heavy atom. The van der Waals surface area contributed by atoms with E-state index in [0.717, 1.165) is 66.1 Å². The van der Waals surface area contributed by atoms with E-state index >= 15 is 0 Å². The van der Waals surface area contributed by atoms with Crippen molar-refractivity contribution >= 4 is 38.6 Å². The first-order chi connectivity index (χ1) is 34.6. The molecule has 0 unspecified atom stereocenters. The molecule has 0 amide bonds. The van der Waals surface area contributed by atoms with Crippen LogP contribution in [0.2, 0.25) is 0 Å². The SMILES string of the molecule is [2H]c1c([2H])c(N(c2ccc(-c3cccc(-c4cccc5ccccc45)c3)cc2)c2c([2H])c([2H])c(-c3c(-c4ccccc4)ccc4ccccc34)c([2H])c2[2H])c([2H])c([2H])c1-c1ccc(-c2ccccc2)cc1. The highest BCUT2D eigenvalue weighted by molar-refractivity contribution is 6.04. The van der Waals surface area contributed by atoms with Crippen LogP contribution in [0.15, 0.2) is 261 Å². The van der Waals surface area contributed by atoms with Crippen LogP contribution < -0.4 is 4.90 Å². The Hall–Kier alpha value is -8.26. The minimum atomic E-state index is -0.405. The fourth-order valence-corrected chi connectivity index (χ4v) is 8.48. The van der Waals surface area contributed by atoms with Crippen LogP contribution in [0.3, 0.4) is 0 Å². The zero-order valence-electron chi connectivity index (χ0n) is 42.2. The third-order valence-corrected chi connectivity index (χ3v) is 11.6. The van der Waals surface area contributed by atoms with Gasteiger partial charge in [0, 0.05) is 17.1 Å². The summed E-state index contributed by atoms with van der Waals surface area (Å²) in [5, 5.41) is 3.90. The van der Waals surface area contributed by atoms with Crippen LogP contribution >= 0.6 is 0 Å². The maximum Gasteiger partial charge on any atom is 0.0645 e. The summed E-state index contributed by atoms with van der Waals surface area (Å²) in [6.45, 7) is 0. The third kappa shape index (κ3) is 7.47. The Kier molecular flexibility index (Phi) is 7.90. The molecule has 0 aromatic heterocycles. The van der Waals surface area contributed by atoms with Gasteiger partial charge in [-0.25, -0.2) is 0 Å². The van der Waals surface area contributed by atoms with Crippen LogP contribution in [0.25, 0.3) is 88.3 Å². The van der Waals surface area contributed by atoms with Gasteiger partial charge < -0.3 is 4.90 Å². The second-order valence-electron chi connectivity index (χ2n) is 15.5. The van der Waals surface area contributed by atoms with Crippen molar-refractivity contribution in [3.8, 4) is 66.8 Å². The van der Waals surface area contributed by atoms with Gasteiger partial charge in [-0.1, -0.05) is 218 Å². The minimum Gasteiger partial charge on any atom is -0.311 e. The van der Waals surface area contributed by atoms with Crippen molar-refractivity contribution in [2.75, 3.05) is 4.90 Å². The van der Waals surface area contributed by atoms with Crippen molar-refractivity contribution < 1.29 is 11.0 Å².